The molecule has 0 N–H and O–H groups in total. The summed E-state index contributed by atoms with van der Waals surface area (Å²) in [4.78, 5) is 0. The first kappa shape index (κ1) is 11.1. The van der Waals surface area contributed by atoms with Gasteiger partial charge in [-0.1, -0.05) is 18.2 Å². The molecule has 0 aliphatic carbocycles. The van der Waals surface area contributed by atoms with Gasteiger partial charge in [0.15, 0.2) is 11.6 Å². The number of hydrogen-bond donors (Lipinski definition) is 1. The van der Waals surface area contributed by atoms with Crippen molar-refractivity contribution in [1.29, 1.82) is 0 Å². The lowest BCUT2D eigenvalue weighted by atomic mass is 10.2. The molecule has 0 unspecified atom stereocenters. The van der Waals surface area contributed by atoms with Gasteiger partial charge in [-0.15, -0.1) is 0 Å². The molecule has 1 rings (SSSR count). The second-order valence-corrected chi connectivity index (χ2v) is 3.26. The Balaban J connectivity index is 2.79. The molecule has 0 aliphatic rings. The second kappa shape index (κ2) is 5.70. The molecule has 0 amide bonds. The van der Waals surface area contributed by atoms with Gasteiger partial charge in [0.1, 0.15) is 0 Å². The number of halogens is 1. The minimum atomic E-state index is -0.334. The van der Waals surface area contributed by atoms with Crippen LogP contribution in [0.25, 0.3) is 6.08 Å². The van der Waals surface area contributed by atoms with E-state index in [1.807, 2.05) is 12.2 Å². The molecule has 0 atom stereocenters. The molecule has 1 nitrogen and oxygen atoms in total. The lowest BCUT2D eigenvalue weighted by Crippen LogP contribution is -1.87. The SMILES string of the molecule is COc1cc(C=CCCS)ccc1F. The normalized spacial score (nSPS) is 10.8. The molecule has 0 heterocycles. The molecule has 0 aliphatic heterocycles. The average Bonchev–Trinajstić information content (AvgIpc) is 2.21. The summed E-state index contributed by atoms with van der Waals surface area (Å²) in [6.45, 7) is 0. The third-order valence-corrected chi connectivity index (χ3v) is 2.04. The highest BCUT2D eigenvalue weighted by atomic mass is 32.1. The van der Waals surface area contributed by atoms with E-state index in [1.165, 1.54) is 13.2 Å². The van der Waals surface area contributed by atoms with E-state index >= 15 is 0 Å². The Labute approximate surface area is 89.0 Å². The van der Waals surface area contributed by atoms with Crippen molar-refractivity contribution in [2.45, 2.75) is 6.42 Å². The highest BCUT2D eigenvalue weighted by Gasteiger charge is 2.00. The van der Waals surface area contributed by atoms with Crippen molar-refractivity contribution >= 4 is 18.7 Å². The Kier molecular flexibility index (Phi) is 4.53. The van der Waals surface area contributed by atoms with E-state index < -0.39 is 0 Å². The predicted octanol–water partition coefficient (Wildman–Crippen LogP) is 3.17. The molecular formula is C11H13FOS. The van der Waals surface area contributed by atoms with E-state index in [2.05, 4.69) is 12.6 Å². The molecule has 0 radical (unpaired) electrons. The molecule has 0 saturated heterocycles. The van der Waals surface area contributed by atoms with Crippen molar-refractivity contribution in [1.82, 2.24) is 0 Å². The Bertz CT molecular complexity index is 323. The number of thiol groups is 1. The van der Waals surface area contributed by atoms with Crippen LogP contribution in [0.4, 0.5) is 4.39 Å². The molecule has 14 heavy (non-hydrogen) atoms. The molecule has 1 aromatic rings. The van der Waals surface area contributed by atoms with Crippen molar-refractivity contribution in [3.8, 4) is 5.75 Å². The van der Waals surface area contributed by atoms with Gasteiger partial charge in [-0.2, -0.15) is 12.6 Å². The minimum Gasteiger partial charge on any atom is -0.494 e. The number of hydrogen-bond acceptors (Lipinski definition) is 2. The van der Waals surface area contributed by atoms with Gasteiger partial charge in [0.05, 0.1) is 7.11 Å². The number of ether oxygens (including phenoxy) is 1. The second-order valence-electron chi connectivity index (χ2n) is 2.81. The first-order chi connectivity index (χ1) is 6.77. The zero-order chi connectivity index (χ0) is 10.4. The minimum absolute atomic E-state index is 0.276. The number of benzene rings is 1. The summed E-state index contributed by atoms with van der Waals surface area (Å²) >= 11 is 4.09. The fourth-order valence-electron chi connectivity index (χ4n) is 1.07. The van der Waals surface area contributed by atoms with Crippen molar-refractivity contribution in [3.05, 3.63) is 35.7 Å². The lowest BCUT2D eigenvalue weighted by Gasteiger charge is -2.02. The van der Waals surface area contributed by atoms with Crippen molar-refractivity contribution in [3.63, 3.8) is 0 Å². The zero-order valence-corrected chi connectivity index (χ0v) is 8.93. The largest absolute Gasteiger partial charge is 0.494 e. The molecule has 3 heteroatoms. The Hall–Kier alpha value is -0.960. The van der Waals surface area contributed by atoms with Gasteiger partial charge in [-0.25, -0.2) is 4.39 Å². The molecule has 0 saturated carbocycles. The summed E-state index contributed by atoms with van der Waals surface area (Å²) in [5.41, 5.74) is 0.935. The summed E-state index contributed by atoms with van der Waals surface area (Å²) in [7, 11) is 1.46. The van der Waals surface area contributed by atoms with Gasteiger partial charge < -0.3 is 4.74 Å². The number of allylic oxidation sites excluding steroid dienone is 1. The van der Waals surface area contributed by atoms with Crippen LogP contribution in [0.3, 0.4) is 0 Å². The number of methoxy groups -OCH3 is 1. The summed E-state index contributed by atoms with van der Waals surface area (Å²) in [5.74, 6) is 0.756. The van der Waals surface area contributed by atoms with Crippen LogP contribution in [0.15, 0.2) is 24.3 Å². The molecule has 76 valence electrons. The fraction of sp³-hybridized carbons (Fsp3) is 0.273. The molecule has 0 bridgehead atoms. The maximum absolute atomic E-state index is 13.0. The first-order valence-corrected chi connectivity index (χ1v) is 5.02. The summed E-state index contributed by atoms with van der Waals surface area (Å²) in [5, 5.41) is 0. The maximum Gasteiger partial charge on any atom is 0.165 e. The van der Waals surface area contributed by atoms with Gasteiger partial charge in [0, 0.05) is 0 Å². The topological polar surface area (TPSA) is 9.23 Å². The smallest absolute Gasteiger partial charge is 0.165 e. The van der Waals surface area contributed by atoms with E-state index in [0.717, 1.165) is 17.7 Å². The van der Waals surface area contributed by atoms with Crippen molar-refractivity contribution < 1.29 is 9.13 Å². The van der Waals surface area contributed by atoms with E-state index in [9.17, 15) is 4.39 Å². The standard InChI is InChI=1S/C11H13FOS/c1-13-11-8-9(4-2-3-7-14)5-6-10(11)12/h2,4-6,8,14H,3,7H2,1H3. The molecular weight excluding hydrogens is 199 g/mol. The van der Waals surface area contributed by atoms with Gasteiger partial charge in [-0.05, 0) is 29.9 Å². The Morgan fingerprint density at radius 2 is 2.29 bits per heavy atom. The van der Waals surface area contributed by atoms with Crippen LogP contribution in [-0.2, 0) is 0 Å². The zero-order valence-electron chi connectivity index (χ0n) is 8.03. The van der Waals surface area contributed by atoms with E-state index in [4.69, 9.17) is 4.74 Å². The summed E-state index contributed by atoms with van der Waals surface area (Å²) in [6, 6.07) is 4.79. The van der Waals surface area contributed by atoms with Crippen LogP contribution in [0.1, 0.15) is 12.0 Å². The quantitative estimate of drug-likeness (QED) is 0.754. The molecule has 1 aromatic carbocycles. The highest BCUT2D eigenvalue weighted by Crippen LogP contribution is 2.18. The molecule has 0 aromatic heterocycles. The summed E-state index contributed by atoms with van der Waals surface area (Å²) < 4.78 is 17.9. The Morgan fingerprint density at radius 3 is 2.93 bits per heavy atom. The summed E-state index contributed by atoms with van der Waals surface area (Å²) in [6.07, 6.45) is 4.83. The third kappa shape index (κ3) is 3.07. The third-order valence-electron chi connectivity index (χ3n) is 1.78. The van der Waals surface area contributed by atoms with Crippen molar-refractivity contribution in [2.24, 2.45) is 0 Å². The monoisotopic (exact) mass is 212 g/mol. The first-order valence-electron chi connectivity index (χ1n) is 4.39. The van der Waals surface area contributed by atoms with Gasteiger partial charge >= 0.3 is 0 Å². The van der Waals surface area contributed by atoms with Crippen LogP contribution in [0, 0.1) is 5.82 Å². The van der Waals surface area contributed by atoms with Crippen LogP contribution >= 0.6 is 12.6 Å². The van der Waals surface area contributed by atoms with Gasteiger partial charge in [0.2, 0.25) is 0 Å². The number of rotatable bonds is 4. The van der Waals surface area contributed by atoms with Crippen LogP contribution < -0.4 is 4.74 Å². The van der Waals surface area contributed by atoms with Crippen LogP contribution in [0.2, 0.25) is 0 Å². The van der Waals surface area contributed by atoms with Crippen LogP contribution in [0.5, 0.6) is 5.75 Å². The maximum atomic E-state index is 13.0. The van der Waals surface area contributed by atoms with Gasteiger partial charge in [0.25, 0.3) is 0 Å². The van der Waals surface area contributed by atoms with Gasteiger partial charge in [-0.3, -0.25) is 0 Å². The highest BCUT2D eigenvalue weighted by molar-refractivity contribution is 7.80. The molecule has 0 spiro atoms. The van der Waals surface area contributed by atoms with Crippen molar-refractivity contribution in [2.75, 3.05) is 12.9 Å². The average molecular weight is 212 g/mol. The Morgan fingerprint density at radius 1 is 1.50 bits per heavy atom. The van der Waals surface area contributed by atoms with E-state index in [-0.39, 0.29) is 11.6 Å². The fourth-order valence-corrected chi connectivity index (χ4v) is 1.22. The van der Waals surface area contributed by atoms with E-state index in [0.29, 0.717) is 0 Å². The lowest BCUT2D eigenvalue weighted by molar-refractivity contribution is 0.386. The predicted molar refractivity (Wildman–Crippen MR) is 60.5 cm³/mol. The van der Waals surface area contributed by atoms with Crippen LogP contribution in [-0.4, -0.2) is 12.9 Å². The molecule has 0 fully saturated rings. The van der Waals surface area contributed by atoms with E-state index in [1.54, 1.807) is 12.1 Å².